The fraction of sp³-hybridized carbons (Fsp3) is 0.0455. The van der Waals surface area contributed by atoms with Gasteiger partial charge in [0.05, 0.1) is 4.88 Å². The van der Waals surface area contributed by atoms with E-state index in [1.165, 1.54) is 34.4 Å². The molecule has 0 bridgehead atoms. The summed E-state index contributed by atoms with van der Waals surface area (Å²) in [6.07, 6.45) is 1.66. The van der Waals surface area contributed by atoms with Gasteiger partial charge in [-0.3, -0.25) is 9.59 Å². The number of nitrogens with one attached hydrogen (secondary N) is 2. The molecule has 0 radical (unpaired) electrons. The average molecular weight is 452 g/mol. The van der Waals surface area contributed by atoms with E-state index in [-0.39, 0.29) is 11.8 Å². The van der Waals surface area contributed by atoms with Crippen LogP contribution in [0, 0.1) is 0 Å². The molecule has 2 N–H and O–H groups in total. The minimum atomic E-state index is -0.429. The number of aromatic nitrogens is 1. The molecule has 0 aliphatic carbocycles. The monoisotopic (exact) mass is 451 g/mol. The van der Waals surface area contributed by atoms with Gasteiger partial charge in [-0.2, -0.15) is 0 Å². The lowest BCUT2D eigenvalue weighted by Crippen LogP contribution is -2.18. The second-order valence-corrected chi connectivity index (χ2v) is 9.21. The van der Waals surface area contributed by atoms with Crippen molar-refractivity contribution in [1.82, 2.24) is 4.98 Å². The minimum Gasteiger partial charge on any atom is -0.321 e. The predicted octanol–water partition coefficient (Wildman–Crippen LogP) is 5.93. The molecule has 2 amide bonds. The van der Waals surface area contributed by atoms with Gasteiger partial charge in [-0.1, -0.05) is 36.4 Å². The van der Waals surface area contributed by atoms with E-state index in [4.69, 9.17) is 0 Å². The van der Waals surface area contributed by atoms with Crippen molar-refractivity contribution in [2.24, 2.45) is 0 Å². The number of carbonyl (C=O) groups excluding carboxylic acids is 2. The zero-order valence-corrected chi connectivity index (χ0v) is 18.1. The maximum atomic E-state index is 12.9. The van der Waals surface area contributed by atoms with Crippen molar-refractivity contribution in [3.8, 4) is 0 Å². The van der Waals surface area contributed by atoms with Gasteiger partial charge in [0.1, 0.15) is 5.25 Å². The molecule has 4 aromatic rings. The molecule has 4 rings (SSSR count). The first-order valence-corrected chi connectivity index (χ1v) is 11.7. The number of hydrogen-bond acceptors (Lipinski definition) is 6. The van der Waals surface area contributed by atoms with Crippen molar-refractivity contribution in [1.29, 1.82) is 0 Å². The van der Waals surface area contributed by atoms with E-state index >= 15 is 0 Å². The molecule has 1 atom stereocenters. The standard InChI is InChI=1S/C22H17N3O2S3/c26-20(18-7-4-13-28-18)24-16-8-10-17(11-9-16)30-19(15-5-2-1-3-6-15)21(27)25-22-23-12-14-29-22/h1-14,19H,(H,24,26)(H,23,25,27). The van der Waals surface area contributed by atoms with Gasteiger partial charge in [-0.05, 0) is 41.3 Å². The number of nitrogens with zero attached hydrogens (tertiary/aromatic N) is 1. The van der Waals surface area contributed by atoms with Gasteiger partial charge in [-0.15, -0.1) is 34.4 Å². The Morgan fingerprint density at radius 1 is 0.867 bits per heavy atom. The summed E-state index contributed by atoms with van der Waals surface area (Å²) in [7, 11) is 0. The molecule has 2 aromatic heterocycles. The highest BCUT2D eigenvalue weighted by Gasteiger charge is 2.23. The van der Waals surface area contributed by atoms with Crippen LogP contribution in [0.3, 0.4) is 0 Å². The lowest BCUT2D eigenvalue weighted by atomic mass is 10.1. The molecular weight excluding hydrogens is 434 g/mol. The van der Waals surface area contributed by atoms with Crippen LogP contribution in [0.2, 0.25) is 0 Å². The van der Waals surface area contributed by atoms with Gasteiger partial charge >= 0.3 is 0 Å². The van der Waals surface area contributed by atoms with Crippen LogP contribution >= 0.6 is 34.4 Å². The Balaban J connectivity index is 1.48. The highest BCUT2D eigenvalue weighted by Crippen LogP contribution is 2.36. The zero-order valence-electron chi connectivity index (χ0n) is 15.6. The first kappa shape index (κ1) is 20.3. The Morgan fingerprint density at radius 3 is 2.33 bits per heavy atom. The first-order chi connectivity index (χ1) is 14.7. The van der Waals surface area contributed by atoms with Crippen LogP contribution in [-0.2, 0) is 4.79 Å². The van der Waals surface area contributed by atoms with Gasteiger partial charge < -0.3 is 10.6 Å². The molecule has 0 saturated heterocycles. The highest BCUT2D eigenvalue weighted by molar-refractivity contribution is 8.00. The van der Waals surface area contributed by atoms with Crippen LogP contribution < -0.4 is 10.6 Å². The van der Waals surface area contributed by atoms with Gasteiger partial charge in [0.25, 0.3) is 5.91 Å². The number of hydrogen-bond donors (Lipinski definition) is 2. The Morgan fingerprint density at radius 2 is 1.67 bits per heavy atom. The highest BCUT2D eigenvalue weighted by atomic mass is 32.2. The van der Waals surface area contributed by atoms with E-state index in [9.17, 15) is 9.59 Å². The van der Waals surface area contributed by atoms with E-state index < -0.39 is 5.25 Å². The SMILES string of the molecule is O=C(Nc1ccc(SC(C(=O)Nc2nccs2)c2ccccc2)cc1)c1cccs1. The summed E-state index contributed by atoms with van der Waals surface area (Å²) in [5.74, 6) is -0.258. The number of benzene rings is 2. The quantitative estimate of drug-likeness (QED) is 0.342. The molecular formula is C22H17N3O2S3. The van der Waals surface area contributed by atoms with Crippen LogP contribution in [0.5, 0.6) is 0 Å². The Bertz CT molecular complexity index is 1100. The third kappa shape index (κ3) is 5.15. The van der Waals surface area contributed by atoms with Crippen molar-refractivity contribution < 1.29 is 9.59 Å². The second-order valence-electron chi connectivity index (χ2n) is 6.19. The molecule has 1 unspecified atom stereocenters. The Hall–Kier alpha value is -2.94. The molecule has 2 heterocycles. The topological polar surface area (TPSA) is 71.1 Å². The Labute approximate surface area is 186 Å². The summed E-state index contributed by atoms with van der Waals surface area (Å²) >= 11 is 4.24. The lowest BCUT2D eigenvalue weighted by molar-refractivity contribution is -0.115. The molecule has 0 aliphatic rings. The van der Waals surface area contributed by atoms with Crippen molar-refractivity contribution >= 4 is 57.1 Å². The molecule has 150 valence electrons. The summed E-state index contributed by atoms with van der Waals surface area (Å²) in [6, 6.07) is 20.8. The maximum absolute atomic E-state index is 12.9. The van der Waals surface area contributed by atoms with Crippen LogP contribution in [0.4, 0.5) is 10.8 Å². The summed E-state index contributed by atoms with van der Waals surface area (Å²) in [6.45, 7) is 0. The molecule has 0 aliphatic heterocycles. The molecule has 0 spiro atoms. The fourth-order valence-electron chi connectivity index (χ4n) is 2.71. The van der Waals surface area contributed by atoms with Gasteiger partial charge in [0, 0.05) is 22.2 Å². The number of thiophene rings is 1. The van der Waals surface area contributed by atoms with E-state index in [0.717, 1.165) is 10.5 Å². The molecule has 2 aromatic carbocycles. The average Bonchev–Trinajstić information content (AvgIpc) is 3.48. The van der Waals surface area contributed by atoms with Crippen LogP contribution in [0.15, 0.2) is 88.6 Å². The smallest absolute Gasteiger partial charge is 0.265 e. The number of thiazole rings is 1. The van der Waals surface area contributed by atoms with Gasteiger partial charge in [0.15, 0.2) is 5.13 Å². The summed E-state index contributed by atoms with van der Waals surface area (Å²) in [4.78, 5) is 30.9. The van der Waals surface area contributed by atoms with E-state index in [2.05, 4.69) is 15.6 Å². The van der Waals surface area contributed by atoms with Crippen LogP contribution in [0.25, 0.3) is 0 Å². The van der Waals surface area contributed by atoms with Gasteiger partial charge in [-0.25, -0.2) is 4.98 Å². The zero-order chi connectivity index (χ0) is 20.8. The van der Waals surface area contributed by atoms with Crippen molar-refractivity contribution in [2.45, 2.75) is 10.1 Å². The lowest BCUT2D eigenvalue weighted by Gasteiger charge is -2.16. The predicted molar refractivity (Wildman–Crippen MR) is 124 cm³/mol. The van der Waals surface area contributed by atoms with Crippen molar-refractivity contribution in [2.75, 3.05) is 10.6 Å². The Kier molecular flexibility index (Phi) is 6.58. The van der Waals surface area contributed by atoms with Gasteiger partial charge in [0.2, 0.25) is 5.91 Å². The van der Waals surface area contributed by atoms with E-state index in [0.29, 0.717) is 15.7 Å². The summed E-state index contributed by atoms with van der Waals surface area (Å²) in [5.41, 5.74) is 1.62. The minimum absolute atomic E-state index is 0.128. The number of carbonyl (C=O) groups is 2. The molecule has 0 saturated carbocycles. The van der Waals surface area contributed by atoms with Crippen LogP contribution in [-0.4, -0.2) is 16.8 Å². The number of rotatable bonds is 7. The number of thioether (sulfide) groups is 1. The molecule has 5 nitrogen and oxygen atoms in total. The number of anilines is 2. The molecule has 8 heteroatoms. The molecule has 0 fully saturated rings. The normalized spacial score (nSPS) is 11.6. The largest absolute Gasteiger partial charge is 0.321 e. The fourth-order valence-corrected chi connectivity index (χ4v) is 4.89. The van der Waals surface area contributed by atoms with E-state index in [1.54, 1.807) is 12.3 Å². The number of amides is 2. The van der Waals surface area contributed by atoms with Crippen molar-refractivity contribution in [3.05, 3.63) is 94.1 Å². The maximum Gasteiger partial charge on any atom is 0.265 e. The summed E-state index contributed by atoms with van der Waals surface area (Å²) < 4.78 is 0. The summed E-state index contributed by atoms with van der Waals surface area (Å²) in [5, 5.41) is 9.61. The second kappa shape index (κ2) is 9.71. The molecule has 30 heavy (non-hydrogen) atoms. The third-order valence-electron chi connectivity index (χ3n) is 4.11. The van der Waals surface area contributed by atoms with Crippen LogP contribution in [0.1, 0.15) is 20.5 Å². The third-order valence-corrected chi connectivity index (χ3v) is 6.94. The van der Waals surface area contributed by atoms with E-state index in [1.807, 2.05) is 71.4 Å². The first-order valence-electron chi connectivity index (χ1n) is 9.06. The van der Waals surface area contributed by atoms with Crippen molar-refractivity contribution in [3.63, 3.8) is 0 Å².